The van der Waals surface area contributed by atoms with Crippen LogP contribution >= 0.6 is 0 Å². The van der Waals surface area contributed by atoms with Gasteiger partial charge in [0.1, 0.15) is 0 Å². The normalized spacial score (nSPS) is 10.4. The molecule has 2 aromatic heterocycles. The van der Waals surface area contributed by atoms with Crippen LogP contribution in [0.4, 0.5) is 0 Å². The molecule has 0 saturated heterocycles. The average Bonchev–Trinajstić information content (AvgIpc) is 2.75. The van der Waals surface area contributed by atoms with Gasteiger partial charge in [0.25, 0.3) is 0 Å². The highest BCUT2D eigenvalue weighted by Crippen LogP contribution is 2.17. The molecule has 2 rings (SSSR count). The Bertz CT molecular complexity index is 522. The maximum Gasteiger partial charge on any atom is 0.356 e. The molecule has 0 fully saturated rings. The van der Waals surface area contributed by atoms with Crippen molar-refractivity contribution >= 4 is 5.97 Å². The summed E-state index contributed by atoms with van der Waals surface area (Å²) in [6.07, 6.45) is 1.62. The second-order valence-electron chi connectivity index (χ2n) is 3.38. The molecular formula is C11H11N3O3. The lowest BCUT2D eigenvalue weighted by Gasteiger charge is -2.03. The predicted molar refractivity (Wildman–Crippen MR) is 59.5 cm³/mol. The fourth-order valence-corrected chi connectivity index (χ4v) is 1.51. The van der Waals surface area contributed by atoms with E-state index in [-0.39, 0.29) is 18.8 Å². The lowest BCUT2D eigenvalue weighted by Crippen LogP contribution is -2.07. The molecule has 17 heavy (non-hydrogen) atoms. The Labute approximate surface area is 97.2 Å². The van der Waals surface area contributed by atoms with Gasteiger partial charge < -0.3 is 10.2 Å². The number of aromatic nitrogens is 3. The zero-order chi connectivity index (χ0) is 12.3. The van der Waals surface area contributed by atoms with Gasteiger partial charge in [0.2, 0.25) is 0 Å². The molecule has 0 atom stereocenters. The average molecular weight is 233 g/mol. The minimum Gasteiger partial charge on any atom is -0.476 e. The van der Waals surface area contributed by atoms with Crippen molar-refractivity contribution in [2.24, 2.45) is 0 Å². The molecule has 0 saturated carbocycles. The smallest absolute Gasteiger partial charge is 0.356 e. The van der Waals surface area contributed by atoms with Crippen molar-refractivity contribution < 1.29 is 15.0 Å². The highest BCUT2D eigenvalue weighted by atomic mass is 16.4. The fraction of sp³-hybridized carbons (Fsp3) is 0.182. The molecule has 0 spiro atoms. The van der Waals surface area contributed by atoms with E-state index in [0.717, 1.165) is 0 Å². The molecule has 88 valence electrons. The third kappa shape index (κ3) is 2.31. The van der Waals surface area contributed by atoms with Crippen LogP contribution in [-0.4, -0.2) is 37.6 Å². The Morgan fingerprint density at radius 2 is 2.24 bits per heavy atom. The van der Waals surface area contributed by atoms with E-state index in [9.17, 15) is 4.79 Å². The number of aromatic carboxylic acids is 1. The summed E-state index contributed by atoms with van der Waals surface area (Å²) in [7, 11) is 0. The standard InChI is InChI=1S/C11H11N3O3/c15-6-5-14-10(7-9(13-14)11(16)17)8-3-1-2-4-12-8/h1-4,7,15H,5-6H2,(H,16,17). The first-order valence-electron chi connectivity index (χ1n) is 5.06. The van der Waals surface area contributed by atoms with Crippen LogP contribution in [0, 0.1) is 0 Å². The Balaban J connectivity index is 2.48. The van der Waals surface area contributed by atoms with Gasteiger partial charge in [-0.25, -0.2) is 4.79 Å². The topological polar surface area (TPSA) is 88.2 Å². The molecule has 0 bridgehead atoms. The van der Waals surface area contributed by atoms with Gasteiger partial charge in [-0.15, -0.1) is 0 Å². The van der Waals surface area contributed by atoms with E-state index >= 15 is 0 Å². The van der Waals surface area contributed by atoms with Crippen LogP contribution in [0.2, 0.25) is 0 Å². The Morgan fingerprint density at radius 1 is 1.41 bits per heavy atom. The molecule has 0 aliphatic carbocycles. The van der Waals surface area contributed by atoms with Crippen molar-refractivity contribution in [2.45, 2.75) is 6.54 Å². The van der Waals surface area contributed by atoms with Crippen LogP contribution in [0.3, 0.4) is 0 Å². The van der Waals surface area contributed by atoms with E-state index in [2.05, 4.69) is 10.1 Å². The molecular weight excluding hydrogens is 222 g/mol. The molecule has 0 aromatic carbocycles. The van der Waals surface area contributed by atoms with E-state index in [1.165, 1.54) is 10.7 Å². The largest absolute Gasteiger partial charge is 0.476 e. The molecule has 2 heterocycles. The van der Waals surface area contributed by atoms with Gasteiger partial charge in [-0.2, -0.15) is 5.10 Å². The van der Waals surface area contributed by atoms with Crippen molar-refractivity contribution in [1.29, 1.82) is 0 Å². The molecule has 0 radical (unpaired) electrons. The summed E-state index contributed by atoms with van der Waals surface area (Å²) in [5.74, 6) is -1.10. The van der Waals surface area contributed by atoms with Crippen molar-refractivity contribution in [1.82, 2.24) is 14.8 Å². The van der Waals surface area contributed by atoms with Crippen LogP contribution in [0.25, 0.3) is 11.4 Å². The first-order valence-corrected chi connectivity index (χ1v) is 5.06. The van der Waals surface area contributed by atoms with Crippen molar-refractivity contribution in [3.63, 3.8) is 0 Å². The molecule has 2 aromatic rings. The van der Waals surface area contributed by atoms with Gasteiger partial charge in [-0.3, -0.25) is 9.67 Å². The van der Waals surface area contributed by atoms with Crippen molar-refractivity contribution in [3.05, 3.63) is 36.2 Å². The second-order valence-corrected chi connectivity index (χ2v) is 3.38. The number of aliphatic hydroxyl groups excluding tert-OH is 1. The van der Waals surface area contributed by atoms with Crippen LogP contribution in [0.15, 0.2) is 30.5 Å². The summed E-state index contributed by atoms with van der Waals surface area (Å²) >= 11 is 0. The predicted octanol–water partition coefficient (Wildman–Crippen LogP) is 0.636. The summed E-state index contributed by atoms with van der Waals surface area (Å²) in [6.45, 7) is 0.125. The number of nitrogens with zero attached hydrogens (tertiary/aromatic N) is 3. The lowest BCUT2D eigenvalue weighted by molar-refractivity contribution is 0.0689. The van der Waals surface area contributed by atoms with E-state index < -0.39 is 5.97 Å². The Morgan fingerprint density at radius 3 is 2.82 bits per heavy atom. The molecule has 2 N–H and O–H groups in total. The highest BCUT2D eigenvalue weighted by Gasteiger charge is 2.14. The number of hydrogen-bond donors (Lipinski definition) is 2. The maximum atomic E-state index is 10.8. The van der Waals surface area contributed by atoms with Crippen molar-refractivity contribution in [2.75, 3.05) is 6.61 Å². The minimum absolute atomic E-state index is 0.0564. The first-order chi connectivity index (χ1) is 8.22. The monoisotopic (exact) mass is 233 g/mol. The number of carboxylic acids is 1. The highest BCUT2D eigenvalue weighted by molar-refractivity contribution is 5.86. The molecule has 0 amide bonds. The Kier molecular flexibility index (Phi) is 3.15. The molecule has 0 aliphatic heterocycles. The van der Waals surface area contributed by atoms with Gasteiger partial charge in [0, 0.05) is 12.3 Å². The molecule has 6 nitrogen and oxygen atoms in total. The summed E-state index contributed by atoms with van der Waals surface area (Å²) < 4.78 is 1.44. The number of carbonyl (C=O) groups is 1. The van der Waals surface area contributed by atoms with E-state index in [1.807, 2.05) is 0 Å². The molecule has 6 heteroatoms. The quantitative estimate of drug-likeness (QED) is 0.808. The number of aliphatic hydroxyl groups is 1. The van der Waals surface area contributed by atoms with Gasteiger partial charge in [0.05, 0.1) is 24.5 Å². The molecule has 0 unspecified atom stereocenters. The third-order valence-electron chi connectivity index (χ3n) is 2.24. The van der Waals surface area contributed by atoms with Crippen molar-refractivity contribution in [3.8, 4) is 11.4 Å². The summed E-state index contributed by atoms with van der Waals surface area (Å²) in [4.78, 5) is 15.0. The number of carboxylic acid groups (broad SMARTS) is 1. The summed E-state index contributed by atoms with van der Waals surface area (Å²) in [6, 6.07) is 6.78. The van der Waals surface area contributed by atoms with Gasteiger partial charge in [-0.05, 0) is 12.1 Å². The zero-order valence-corrected chi connectivity index (χ0v) is 8.95. The second kappa shape index (κ2) is 4.75. The van der Waals surface area contributed by atoms with E-state index in [1.54, 1.807) is 24.4 Å². The van der Waals surface area contributed by atoms with Crippen LogP contribution in [0.1, 0.15) is 10.5 Å². The fourth-order valence-electron chi connectivity index (χ4n) is 1.51. The van der Waals surface area contributed by atoms with Crippen LogP contribution < -0.4 is 0 Å². The van der Waals surface area contributed by atoms with E-state index in [4.69, 9.17) is 10.2 Å². The molecule has 0 aliphatic rings. The number of hydrogen-bond acceptors (Lipinski definition) is 4. The maximum absolute atomic E-state index is 10.8. The SMILES string of the molecule is O=C(O)c1cc(-c2ccccn2)n(CCO)n1. The summed E-state index contributed by atoms with van der Waals surface area (Å²) in [5.41, 5.74) is 1.15. The number of pyridine rings is 1. The minimum atomic E-state index is -1.10. The number of rotatable bonds is 4. The van der Waals surface area contributed by atoms with Crippen LogP contribution in [0.5, 0.6) is 0 Å². The van der Waals surface area contributed by atoms with E-state index in [0.29, 0.717) is 11.4 Å². The third-order valence-corrected chi connectivity index (χ3v) is 2.24. The lowest BCUT2D eigenvalue weighted by atomic mass is 10.2. The summed E-state index contributed by atoms with van der Waals surface area (Å²) in [5, 5.41) is 21.7. The van der Waals surface area contributed by atoms with Gasteiger partial charge in [0.15, 0.2) is 5.69 Å². The van der Waals surface area contributed by atoms with Gasteiger partial charge in [-0.1, -0.05) is 6.07 Å². The zero-order valence-electron chi connectivity index (χ0n) is 8.95. The van der Waals surface area contributed by atoms with Crippen LogP contribution in [-0.2, 0) is 6.54 Å². The van der Waals surface area contributed by atoms with Gasteiger partial charge >= 0.3 is 5.97 Å². The Hall–Kier alpha value is -2.21. The first kappa shape index (κ1) is 11.3.